The second-order valence-electron chi connectivity index (χ2n) is 6.39. The molecule has 5 heteroatoms. The topological polar surface area (TPSA) is 64.5 Å². The molecule has 2 aromatic heterocycles. The molecule has 1 aliphatic rings. The average Bonchev–Trinajstić information content (AvgIpc) is 2.70. The lowest BCUT2D eigenvalue weighted by Crippen LogP contribution is -2.27. The van der Waals surface area contributed by atoms with Crippen LogP contribution in [0.5, 0.6) is 11.5 Å². The predicted octanol–water partition coefficient (Wildman–Crippen LogP) is 3.34. The van der Waals surface area contributed by atoms with Gasteiger partial charge in [-0.25, -0.2) is 0 Å². The van der Waals surface area contributed by atoms with Gasteiger partial charge in [0.15, 0.2) is 0 Å². The van der Waals surface area contributed by atoms with Crippen LogP contribution in [-0.4, -0.2) is 21.7 Å². The molecular weight excluding hydrogens is 328 g/mol. The monoisotopic (exact) mass is 348 g/mol. The van der Waals surface area contributed by atoms with E-state index in [0.717, 1.165) is 16.8 Å². The van der Waals surface area contributed by atoms with Gasteiger partial charge in [-0.3, -0.25) is 9.97 Å². The molecule has 1 aliphatic heterocycles. The van der Waals surface area contributed by atoms with Crippen molar-refractivity contribution in [3.05, 3.63) is 83.9 Å². The van der Waals surface area contributed by atoms with Gasteiger partial charge >= 0.3 is 0 Å². The quantitative estimate of drug-likeness (QED) is 0.766. The van der Waals surface area contributed by atoms with E-state index < -0.39 is 6.10 Å². The Bertz CT molecular complexity index is 856. The van der Waals surface area contributed by atoms with Crippen LogP contribution in [0.3, 0.4) is 0 Å². The van der Waals surface area contributed by atoms with E-state index in [4.69, 9.17) is 9.47 Å². The summed E-state index contributed by atoms with van der Waals surface area (Å²) in [5.74, 6) is 1.39. The summed E-state index contributed by atoms with van der Waals surface area (Å²) in [6, 6.07) is 15.2. The van der Waals surface area contributed by atoms with Crippen molar-refractivity contribution in [2.45, 2.75) is 19.1 Å². The molecule has 26 heavy (non-hydrogen) atoms. The normalized spacial score (nSPS) is 18.7. The molecule has 0 aliphatic carbocycles. The Morgan fingerprint density at radius 1 is 1.12 bits per heavy atom. The summed E-state index contributed by atoms with van der Waals surface area (Å²) in [7, 11) is 0. The van der Waals surface area contributed by atoms with Crippen molar-refractivity contribution in [2.24, 2.45) is 5.92 Å². The highest BCUT2D eigenvalue weighted by Gasteiger charge is 2.30. The Morgan fingerprint density at radius 2 is 2.08 bits per heavy atom. The Morgan fingerprint density at radius 3 is 2.88 bits per heavy atom. The van der Waals surface area contributed by atoms with Crippen molar-refractivity contribution >= 4 is 0 Å². The lowest BCUT2D eigenvalue weighted by molar-refractivity contribution is 0.0504. The number of aromatic nitrogens is 2. The standard InChI is InChI=1S/C21H20N2O3/c24-21-16(10-15-4-3-8-22-12-15)13-26-20-7-6-18(11-19(20)21)25-14-17-5-1-2-9-23-17/h1-9,11-12,16,21,24H,10,13-14H2/t16-,21+/m1/s1. The summed E-state index contributed by atoms with van der Waals surface area (Å²) in [6.45, 7) is 0.868. The summed E-state index contributed by atoms with van der Waals surface area (Å²) in [5.41, 5.74) is 2.71. The van der Waals surface area contributed by atoms with E-state index in [1.807, 2.05) is 54.7 Å². The van der Waals surface area contributed by atoms with Crippen LogP contribution in [-0.2, 0) is 13.0 Å². The molecule has 2 atom stereocenters. The molecule has 4 rings (SSSR count). The molecule has 0 bridgehead atoms. The van der Waals surface area contributed by atoms with Crippen LogP contribution in [0.15, 0.2) is 67.1 Å². The number of hydrogen-bond donors (Lipinski definition) is 1. The molecule has 1 N–H and O–H groups in total. The third kappa shape index (κ3) is 3.68. The van der Waals surface area contributed by atoms with E-state index in [2.05, 4.69) is 9.97 Å². The highest BCUT2D eigenvalue weighted by Crippen LogP contribution is 2.38. The second kappa shape index (κ2) is 7.54. The van der Waals surface area contributed by atoms with Gasteiger partial charge in [-0.2, -0.15) is 0 Å². The first-order chi connectivity index (χ1) is 12.8. The molecule has 0 unspecified atom stereocenters. The molecule has 0 spiro atoms. The van der Waals surface area contributed by atoms with Crippen molar-refractivity contribution in [3.8, 4) is 11.5 Å². The Kier molecular flexibility index (Phi) is 4.80. The summed E-state index contributed by atoms with van der Waals surface area (Å²) >= 11 is 0. The SMILES string of the molecule is O[C@@H]1c2cc(OCc3ccccn3)ccc2OC[C@H]1Cc1cccnc1. The molecule has 1 aromatic carbocycles. The number of hydrogen-bond acceptors (Lipinski definition) is 5. The van der Waals surface area contributed by atoms with Crippen molar-refractivity contribution in [2.75, 3.05) is 6.61 Å². The van der Waals surface area contributed by atoms with Gasteiger partial charge in [0.05, 0.1) is 18.4 Å². The number of fused-ring (bicyclic) bond motifs is 1. The number of aliphatic hydroxyl groups is 1. The third-order valence-corrected chi connectivity index (χ3v) is 4.53. The van der Waals surface area contributed by atoms with E-state index in [-0.39, 0.29) is 5.92 Å². The maximum absolute atomic E-state index is 10.8. The fraction of sp³-hybridized carbons (Fsp3) is 0.238. The maximum atomic E-state index is 10.8. The van der Waals surface area contributed by atoms with E-state index in [1.165, 1.54) is 0 Å². The minimum absolute atomic E-state index is 0.0160. The van der Waals surface area contributed by atoms with Gasteiger partial charge in [0.25, 0.3) is 0 Å². The highest BCUT2D eigenvalue weighted by atomic mass is 16.5. The van der Waals surface area contributed by atoms with Crippen LogP contribution in [0.1, 0.15) is 22.9 Å². The smallest absolute Gasteiger partial charge is 0.130 e. The maximum Gasteiger partial charge on any atom is 0.130 e. The first-order valence-corrected chi connectivity index (χ1v) is 8.66. The van der Waals surface area contributed by atoms with E-state index >= 15 is 0 Å². The minimum atomic E-state index is -0.600. The third-order valence-electron chi connectivity index (χ3n) is 4.53. The molecule has 0 radical (unpaired) electrons. The lowest BCUT2D eigenvalue weighted by Gasteiger charge is -2.30. The summed E-state index contributed by atoms with van der Waals surface area (Å²) in [5, 5.41) is 10.8. The molecular formula is C21H20N2O3. The van der Waals surface area contributed by atoms with Crippen LogP contribution in [0.2, 0.25) is 0 Å². The van der Waals surface area contributed by atoms with Crippen LogP contribution in [0.4, 0.5) is 0 Å². The van der Waals surface area contributed by atoms with Crippen molar-refractivity contribution in [3.63, 3.8) is 0 Å². The Balaban J connectivity index is 1.48. The first kappa shape index (κ1) is 16.5. The molecule has 0 saturated heterocycles. The van der Waals surface area contributed by atoms with Crippen LogP contribution in [0, 0.1) is 5.92 Å². The minimum Gasteiger partial charge on any atom is -0.493 e. The number of ether oxygens (including phenoxy) is 2. The Labute approximate surface area is 152 Å². The van der Waals surface area contributed by atoms with Gasteiger partial charge in [-0.05, 0) is 48.4 Å². The molecule has 0 amide bonds. The van der Waals surface area contributed by atoms with Crippen molar-refractivity contribution in [1.82, 2.24) is 9.97 Å². The fourth-order valence-electron chi connectivity index (χ4n) is 3.15. The molecule has 132 valence electrons. The summed E-state index contributed by atoms with van der Waals surface area (Å²) < 4.78 is 11.7. The molecule has 0 fully saturated rings. The second-order valence-corrected chi connectivity index (χ2v) is 6.39. The van der Waals surface area contributed by atoms with Crippen LogP contribution < -0.4 is 9.47 Å². The van der Waals surface area contributed by atoms with Crippen LogP contribution >= 0.6 is 0 Å². The van der Waals surface area contributed by atoms with E-state index in [0.29, 0.717) is 31.1 Å². The van der Waals surface area contributed by atoms with Gasteiger partial charge in [0.1, 0.15) is 18.1 Å². The number of pyridine rings is 2. The van der Waals surface area contributed by atoms with Gasteiger partial charge in [0.2, 0.25) is 0 Å². The zero-order valence-corrected chi connectivity index (χ0v) is 14.3. The number of rotatable bonds is 5. The van der Waals surface area contributed by atoms with Gasteiger partial charge in [0, 0.05) is 30.1 Å². The largest absolute Gasteiger partial charge is 0.493 e. The first-order valence-electron chi connectivity index (χ1n) is 8.66. The van der Waals surface area contributed by atoms with Crippen molar-refractivity contribution in [1.29, 1.82) is 0 Å². The highest BCUT2D eigenvalue weighted by molar-refractivity contribution is 5.43. The van der Waals surface area contributed by atoms with Gasteiger partial charge < -0.3 is 14.6 Å². The van der Waals surface area contributed by atoms with Gasteiger partial charge in [-0.1, -0.05) is 12.1 Å². The molecule has 0 saturated carbocycles. The van der Waals surface area contributed by atoms with E-state index in [9.17, 15) is 5.11 Å². The van der Waals surface area contributed by atoms with E-state index in [1.54, 1.807) is 12.4 Å². The number of nitrogens with zero attached hydrogens (tertiary/aromatic N) is 2. The zero-order chi connectivity index (χ0) is 17.8. The molecule has 3 heterocycles. The number of aliphatic hydroxyl groups excluding tert-OH is 1. The Hall–Kier alpha value is -2.92. The van der Waals surface area contributed by atoms with Gasteiger partial charge in [-0.15, -0.1) is 0 Å². The summed E-state index contributed by atoms with van der Waals surface area (Å²) in [4.78, 5) is 8.39. The fourth-order valence-corrected chi connectivity index (χ4v) is 3.15. The molecule has 5 nitrogen and oxygen atoms in total. The average molecular weight is 348 g/mol. The predicted molar refractivity (Wildman–Crippen MR) is 96.9 cm³/mol. The zero-order valence-electron chi connectivity index (χ0n) is 14.3. The lowest BCUT2D eigenvalue weighted by atomic mass is 9.88. The molecule has 3 aromatic rings. The van der Waals surface area contributed by atoms with Crippen LogP contribution in [0.25, 0.3) is 0 Å². The van der Waals surface area contributed by atoms with Crippen molar-refractivity contribution < 1.29 is 14.6 Å². The number of benzene rings is 1. The summed E-state index contributed by atoms with van der Waals surface area (Å²) in [6.07, 6.45) is 5.43.